The van der Waals surface area contributed by atoms with Crippen molar-refractivity contribution < 1.29 is 4.79 Å². The molecule has 3 N–H and O–H groups in total. The number of rotatable bonds is 6. The van der Waals surface area contributed by atoms with Crippen molar-refractivity contribution in [2.75, 3.05) is 11.9 Å². The Bertz CT molecular complexity index is 483. The minimum atomic E-state index is 0.00444. The Hall–Kier alpha value is -1.13. The van der Waals surface area contributed by atoms with E-state index in [1.54, 1.807) is 6.20 Å². The molecular formula is C16H26ClN3O. The van der Waals surface area contributed by atoms with E-state index in [0.717, 1.165) is 18.4 Å². The van der Waals surface area contributed by atoms with Crippen LogP contribution in [0.4, 0.5) is 5.69 Å². The molecule has 0 aromatic carbocycles. The fraction of sp³-hybridized carbons (Fsp3) is 0.625. The van der Waals surface area contributed by atoms with E-state index in [1.165, 1.54) is 0 Å². The third-order valence-electron chi connectivity index (χ3n) is 3.76. The van der Waals surface area contributed by atoms with Crippen LogP contribution in [-0.2, 0) is 4.79 Å². The van der Waals surface area contributed by atoms with E-state index in [0.29, 0.717) is 29.7 Å². The molecule has 0 aliphatic carbocycles. The molecule has 0 fully saturated rings. The normalized spacial score (nSPS) is 13.0. The Morgan fingerprint density at radius 1 is 1.43 bits per heavy atom. The third-order valence-corrected chi connectivity index (χ3v) is 4.15. The summed E-state index contributed by atoms with van der Waals surface area (Å²) in [5.41, 5.74) is 7.37. The van der Waals surface area contributed by atoms with Gasteiger partial charge in [0.15, 0.2) is 0 Å². The highest BCUT2D eigenvalue weighted by Crippen LogP contribution is 2.32. The van der Waals surface area contributed by atoms with Crippen LogP contribution < -0.4 is 11.1 Å². The second-order valence-corrected chi connectivity index (χ2v) is 6.92. The maximum absolute atomic E-state index is 12.0. The van der Waals surface area contributed by atoms with Crippen LogP contribution in [-0.4, -0.2) is 17.4 Å². The molecule has 0 radical (unpaired) electrons. The maximum Gasteiger partial charge on any atom is 0.224 e. The van der Waals surface area contributed by atoms with E-state index in [2.05, 4.69) is 31.1 Å². The van der Waals surface area contributed by atoms with Crippen molar-refractivity contribution in [1.29, 1.82) is 0 Å². The van der Waals surface area contributed by atoms with Gasteiger partial charge in [-0.3, -0.25) is 4.79 Å². The van der Waals surface area contributed by atoms with Gasteiger partial charge in [-0.1, -0.05) is 32.4 Å². The number of nitrogens with two attached hydrogens (primary N) is 1. The summed E-state index contributed by atoms with van der Waals surface area (Å²) in [6.45, 7) is 9.10. The number of nitrogens with one attached hydrogen (secondary N) is 1. The first-order valence-corrected chi connectivity index (χ1v) is 7.74. The third kappa shape index (κ3) is 6.02. The highest BCUT2D eigenvalue weighted by molar-refractivity contribution is 6.30. The van der Waals surface area contributed by atoms with E-state index in [9.17, 15) is 4.79 Å². The highest BCUT2D eigenvalue weighted by atomic mass is 35.5. The van der Waals surface area contributed by atoms with Gasteiger partial charge < -0.3 is 11.1 Å². The van der Waals surface area contributed by atoms with Gasteiger partial charge >= 0.3 is 0 Å². The molecule has 0 bridgehead atoms. The summed E-state index contributed by atoms with van der Waals surface area (Å²) in [6.07, 6.45) is 3.85. The minimum Gasteiger partial charge on any atom is -0.330 e. The zero-order valence-corrected chi connectivity index (χ0v) is 14.1. The molecule has 21 heavy (non-hydrogen) atoms. The average molecular weight is 312 g/mol. The Kier molecular flexibility index (Phi) is 6.62. The van der Waals surface area contributed by atoms with E-state index in [4.69, 9.17) is 17.3 Å². The molecule has 1 atom stereocenters. The minimum absolute atomic E-state index is 0.00444. The number of aryl methyl sites for hydroxylation is 1. The lowest BCUT2D eigenvalue weighted by Crippen LogP contribution is -2.25. The van der Waals surface area contributed by atoms with Gasteiger partial charge in [0.05, 0.1) is 11.9 Å². The van der Waals surface area contributed by atoms with Gasteiger partial charge in [-0.05, 0) is 49.3 Å². The standard InChI is InChI=1S/C16H26ClN3O/c1-11-9-13(10-19-15(11)17)20-14(21)6-5-12(7-8-18)16(2,3)4/h9-10,12H,5-8,18H2,1-4H3,(H,20,21). The predicted molar refractivity (Wildman–Crippen MR) is 88.5 cm³/mol. The molecular weight excluding hydrogens is 286 g/mol. The maximum atomic E-state index is 12.0. The van der Waals surface area contributed by atoms with Crippen molar-refractivity contribution in [3.8, 4) is 0 Å². The fourth-order valence-corrected chi connectivity index (χ4v) is 2.47. The molecule has 5 heteroatoms. The first kappa shape index (κ1) is 17.9. The number of carbonyl (C=O) groups excluding carboxylic acids is 1. The van der Waals surface area contributed by atoms with Gasteiger partial charge in [-0.2, -0.15) is 0 Å². The van der Waals surface area contributed by atoms with Gasteiger partial charge in [0.2, 0.25) is 5.91 Å². The Labute approximate surface area is 132 Å². The van der Waals surface area contributed by atoms with Crippen LogP contribution >= 0.6 is 11.6 Å². The first-order chi connectivity index (χ1) is 9.74. The van der Waals surface area contributed by atoms with Crippen LogP contribution in [0.5, 0.6) is 0 Å². The largest absolute Gasteiger partial charge is 0.330 e. The first-order valence-electron chi connectivity index (χ1n) is 7.36. The summed E-state index contributed by atoms with van der Waals surface area (Å²) in [7, 11) is 0. The van der Waals surface area contributed by atoms with Crippen molar-refractivity contribution in [3.05, 3.63) is 23.0 Å². The summed E-state index contributed by atoms with van der Waals surface area (Å²) in [5, 5.41) is 3.33. The number of anilines is 1. The summed E-state index contributed by atoms with van der Waals surface area (Å²) < 4.78 is 0. The number of pyridine rings is 1. The molecule has 1 amide bonds. The highest BCUT2D eigenvalue weighted by Gasteiger charge is 2.24. The number of nitrogens with zero attached hydrogens (tertiary/aromatic N) is 1. The molecule has 1 rings (SSSR count). The van der Waals surface area contributed by atoms with E-state index in [-0.39, 0.29) is 11.3 Å². The zero-order chi connectivity index (χ0) is 16.0. The van der Waals surface area contributed by atoms with Crippen LogP contribution in [0.25, 0.3) is 0 Å². The van der Waals surface area contributed by atoms with Crippen LogP contribution in [0.2, 0.25) is 5.15 Å². The lowest BCUT2D eigenvalue weighted by atomic mass is 9.76. The van der Waals surface area contributed by atoms with Crippen molar-refractivity contribution in [2.45, 2.75) is 47.0 Å². The molecule has 4 nitrogen and oxygen atoms in total. The number of hydrogen-bond donors (Lipinski definition) is 2. The molecule has 1 aromatic rings. The molecule has 0 spiro atoms. The number of carbonyl (C=O) groups is 1. The number of halogens is 1. The Morgan fingerprint density at radius 3 is 2.62 bits per heavy atom. The quantitative estimate of drug-likeness (QED) is 0.786. The molecule has 1 aromatic heterocycles. The fourth-order valence-electron chi connectivity index (χ4n) is 2.37. The zero-order valence-electron chi connectivity index (χ0n) is 13.4. The van der Waals surface area contributed by atoms with Crippen molar-refractivity contribution in [3.63, 3.8) is 0 Å². The lowest BCUT2D eigenvalue weighted by Gasteiger charge is -2.30. The Balaban J connectivity index is 2.54. The van der Waals surface area contributed by atoms with E-state index in [1.807, 2.05) is 13.0 Å². The second-order valence-electron chi connectivity index (χ2n) is 6.56. The smallest absolute Gasteiger partial charge is 0.224 e. The van der Waals surface area contributed by atoms with Gasteiger partial charge in [0.1, 0.15) is 5.15 Å². The molecule has 118 valence electrons. The van der Waals surface area contributed by atoms with Gasteiger partial charge in [-0.15, -0.1) is 0 Å². The van der Waals surface area contributed by atoms with Crippen LogP contribution in [0.3, 0.4) is 0 Å². The molecule has 0 aliphatic rings. The summed E-state index contributed by atoms with van der Waals surface area (Å²) in [5.74, 6) is 0.447. The van der Waals surface area contributed by atoms with Crippen molar-refractivity contribution in [1.82, 2.24) is 4.98 Å². The van der Waals surface area contributed by atoms with Gasteiger partial charge in [0.25, 0.3) is 0 Å². The monoisotopic (exact) mass is 311 g/mol. The number of hydrogen-bond acceptors (Lipinski definition) is 3. The predicted octanol–water partition coefficient (Wildman–Crippen LogP) is 3.77. The molecule has 1 heterocycles. The molecule has 1 unspecified atom stereocenters. The second kappa shape index (κ2) is 7.76. The molecule has 0 saturated heterocycles. The SMILES string of the molecule is Cc1cc(NC(=O)CCC(CCN)C(C)(C)C)cnc1Cl. The van der Waals surface area contributed by atoms with Crippen molar-refractivity contribution >= 4 is 23.2 Å². The molecule has 0 aliphatic heterocycles. The van der Waals surface area contributed by atoms with Gasteiger partial charge in [-0.25, -0.2) is 4.98 Å². The van der Waals surface area contributed by atoms with Crippen LogP contribution in [0.1, 0.15) is 45.6 Å². The average Bonchev–Trinajstić information content (AvgIpc) is 2.37. The molecule has 0 saturated carbocycles. The van der Waals surface area contributed by atoms with E-state index >= 15 is 0 Å². The van der Waals surface area contributed by atoms with Gasteiger partial charge in [0, 0.05) is 6.42 Å². The number of amides is 1. The summed E-state index contributed by atoms with van der Waals surface area (Å²) >= 11 is 5.87. The van der Waals surface area contributed by atoms with E-state index < -0.39 is 0 Å². The lowest BCUT2D eigenvalue weighted by molar-refractivity contribution is -0.116. The number of aromatic nitrogens is 1. The van der Waals surface area contributed by atoms with Crippen molar-refractivity contribution in [2.24, 2.45) is 17.1 Å². The summed E-state index contributed by atoms with van der Waals surface area (Å²) in [6, 6.07) is 1.83. The van der Waals surface area contributed by atoms with Crippen LogP contribution in [0, 0.1) is 18.3 Å². The Morgan fingerprint density at radius 2 is 2.10 bits per heavy atom. The topological polar surface area (TPSA) is 68.0 Å². The van der Waals surface area contributed by atoms with Crippen LogP contribution in [0.15, 0.2) is 12.3 Å². The summed E-state index contributed by atoms with van der Waals surface area (Å²) in [4.78, 5) is 16.1.